The van der Waals surface area contributed by atoms with E-state index in [4.69, 9.17) is 0 Å². The highest BCUT2D eigenvalue weighted by Gasteiger charge is 2.35. The third kappa shape index (κ3) is 2.50. The highest BCUT2D eigenvalue weighted by molar-refractivity contribution is 14.1. The van der Waals surface area contributed by atoms with Gasteiger partial charge in [-0.05, 0) is 54.1 Å². The molecule has 5 heteroatoms. The Kier molecular flexibility index (Phi) is 3.42. The van der Waals surface area contributed by atoms with Crippen molar-refractivity contribution in [2.24, 2.45) is 0 Å². The van der Waals surface area contributed by atoms with Gasteiger partial charge in [0.25, 0.3) is 0 Å². The zero-order valence-electron chi connectivity index (χ0n) is 8.07. The van der Waals surface area contributed by atoms with E-state index in [0.717, 1.165) is 13.0 Å². The van der Waals surface area contributed by atoms with Crippen LogP contribution in [0.4, 0.5) is 13.2 Å². The van der Waals surface area contributed by atoms with E-state index in [1.165, 1.54) is 13.0 Å². The Morgan fingerprint density at radius 1 is 1.33 bits per heavy atom. The van der Waals surface area contributed by atoms with Crippen molar-refractivity contribution in [1.82, 2.24) is 0 Å². The number of hydrogen-bond acceptors (Lipinski definition) is 1. The molecule has 1 rings (SSSR count). The van der Waals surface area contributed by atoms with Crippen molar-refractivity contribution in [1.29, 1.82) is 0 Å². The van der Waals surface area contributed by atoms with Crippen LogP contribution in [0.1, 0.15) is 28.4 Å². The number of carbonyl (C=O) groups is 1. The highest BCUT2D eigenvalue weighted by Crippen LogP contribution is 2.34. The molecule has 15 heavy (non-hydrogen) atoms. The van der Waals surface area contributed by atoms with Crippen molar-refractivity contribution in [2.45, 2.75) is 20.0 Å². The van der Waals surface area contributed by atoms with Gasteiger partial charge in [-0.1, -0.05) is 0 Å². The fourth-order valence-corrected chi connectivity index (χ4v) is 1.83. The first-order valence-electron chi connectivity index (χ1n) is 4.12. The van der Waals surface area contributed by atoms with Crippen LogP contribution < -0.4 is 0 Å². The van der Waals surface area contributed by atoms with Crippen LogP contribution in [0.15, 0.2) is 12.1 Å². The molecule has 0 aromatic heterocycles. The van der Waals surface area contributed by atoms with Crippen LogP contribution in [0.25, 0.3) is 0 Å². The van der Waals surface area contributed by atoms with E-state index >= 15 is 0 Å². The van der Waals surface area contributed by atoms with Crippen LogP contribution in [0.5, 0.6) is 0 Å². The second-order valence-corrected chi connectivity index (χ2v) is 4.31. The largest absolute Gasteiger partial charge is 0.417 e. The maximum atomic E-state index is 12.6. The average Bonchev–Trinajstić information content (AvgIpc) is 2.06. The second kappa shape index (κ2) is 4.11. The third-order valence-corrected chi connectivity index (χ3v) is 3.23. The SMILES string of the molecule is CC(=O)c1c(C(F)(F)F)ccc(I)c1C. The van der Waals surface area contributed by atoms with Crippen molar-refractivity contribution < 1.29 is 18.0 Å². The van der Waals surface area contributed by atoms with E-state index in [1.54, 1.807) is 0 Å². The fraction of sp³-hybridized carbons (Fsp3) is 0.300. The van der Waals surface area contributed by atoms with Crippen LogP contribution in [-0.2, 0) is 6.18 Å². The number of benzene rings is 1. The molecule has 0 bridgehead atoms. The summed E-state index contributed by atoms with van der Waals surface area (Å²) >= 11 is 1.91. The van der Waals surface area contributed by atoms with Gasteiger partial charge in [0, 0.05) is 9.13 Å². The Labute approximate surface area is 98.8 Å². The Bertz CT molecular complexity index is 410. The third-order valence-electron chi connectivity index (χ3n) is 2.06. The zero-order chi connectivity index (χ0) is 11.8. The summed E-state index contributed by atoms with van der Waals surface area (Å²) in [7, 11) is 0. The normalized spacial score (nSPS) is 11.6. The van der Waals surface area contributed by atoms with Crippen LogP contribution in [-0.4, -0.2) is 5.78 Å². The molecule has 0 unspecified atom stereocenters. The van der Waals surface area contributed by atoms with Crippen LogP contribution in [0, 0.1) is 10.5 Å². The van der Waals surface area contributed by atoms with Gasteiger partial charge in [-0.15, -0.1) is 0 Å². The lowest BCUT2D eigenvalue weighted by molar-refractivity contribution is -0.138. The van der Waals surface area contributed by atoms with E-state index in [2.05, 4.69) is 0 Å². The molecule has 0 N–H and O–H groups in total. The maximum Gasteiger partial charge on any atom is 0.417 e. The van der Waals surface area contributed by atoms with Gasteiger partial charge >= 0.3 is 6.18 Å². The number of rotatable bonds is 1. The molecule has 0 amide bonds. The maximum absolute atomic E-state index is 12.6. The van der Waals surface area contributed by atoms with E-state index in [1.807, 2.05) is 22.6 Å². The van der Waals surface area contributed by atoms with Crippen LogP contribution >= 0.6 is 22.6 Å². The lowest BCUT2D eigenvalue weighted by atomic mass is 9.98. The molecule has 1 nitrogen and oxygen atoms in total. The molecule has 0 heterocycles. The average molecular weight is 328 g/mol. The summed E-state index contributed by atoms with van der Waals surface area (Å²) in [6.45, 7) is 2.67. The molecule has 0 aliphatic rings. The quantitative estimate of drug-likeness (QED) is 0.566. The summed E-state index contributed by atoms with van der Waals surface area (Å²) in [5, 5.41) is 0. The molecule has 0 atom stereocenters. The van der Waals surface area contributed by atoms with E-state index in [-0.39, 0.29) is 5.56 Å². The smallest absolute Gasteiger partial charge is 0.294 e. The van der Waals surface area contributed by atoms with E-state index in [9.17, 15) is 18.0 Å². The van der Waals surface area contributed by atoms with Gasteiger partial charge in [-0.3, -0.25) is 4.79 Å². The molecule has 0 radical (unpaired) electrons. The molecule has 0 saturated heterocycles. The Morgan fingerprint density at radius 2 is 1.87 bits per heavy atom. The summed E-state index contributed by atoms with van der Waals surface area (Å²) in [5.74, 6) is -0.557. The Hall–Kier alpha value is -0.590. The monoisotopic (exact) mass is 328 g/mol. The van der Waals surface area contributed by atoms with E-state index in [0.29, 0.717) is 9.13 Å². The second-order valence-electron chi connectivity index (χ2n) is 3.15. The zero-order valence-corrected chi connectivity index (χ0v) is 10.2. The van der Waals surface area contributed by atoms with Crippen LogP contribution in [0.3, 0.4) is 0 Å². The summed E-state index contributed by atoms with van der Waals surface area (Å²) in [6.07, 6.45) is -4.48. The van der Waals surface area contributed by atoms with Crippen molar-refractivity contribution in [3.63, 3.8) is 0 Å². The van der Waals surface area contributed by atoms with Gasteiger partial charge in [0.2, 0.25) is 0 Å². The number of alkyl halides is 3. The number of carbonyl (C=O) groups excluding carboxylic acids is 1. The molecule has 0 aliphatic heterocycles. The molecular weight excluding hydrogens is 320 g/mol. The molecule has 1 aromatic carbocycles. The van der Waals surface area contributed by atoms with Gasteiger partial charge < -0.3 is 0 Å². The predicted molar refractivity (Wildman–Crippen MR) is 58.9 cm³/mol. The minimum atomic E-state index is -4.48. The standard InChI is InChI=1S/C10H8F3IO/c1-5-8(14)4-3-7(10(11,12)13)9(5)6(2)15/h3-4H,1-2H3. The summed E-state index contributed by atoms with van der Waals surface area (Å²) in [6, 6.07) is 2.32. The molecule has 82 valence electrons. The number of halogens is 4. The summed E-state index contributed by atoms with van der Waals surface area (Å²) < 4.78 is 38.4. The molecule has 0 fully saturated rings. The van der Waals surface area contributed by atoms with E-state index < -0.39 is 17.5 Å². The fourth-order valence-electron chi connectivity index (χ4n) is 1.38. The lowest BCUT2D eigenvalue weighted by Gasteiger charge is -2.14. The molecular formula is C10H8F3IO. The number of hydrogen-bond donors (Lipinski definition) is 0. The molecule has 1 aromatic rings. The van der Waals surface area contributed by atoms with Gasteiger partial charge in [0.1, 0.15) is 0 Å². The topological polar surface area (TPSA) is 17.1 Å². The van der Waals surface area contributed by atoms with Crippen molar-refractivity contribution in [3.05, 3.63) is 32.4 Å². The lowest BCUT2D eigenvalue weighted by Crippen LogP contribution is -2.13. The number of Topliss-reactive ketones (excluding diaryl/α,β-unsaturated/α-hetero) is 1. The van der Waals surface area contributed by atoms with Crippen LogP contribution in [0.2, 0.25) is 0 Å². The summed E-state index contributed by atoms with van der Waals surface area (Å²) in [5.41, 5.74) is -0.694. The highest BCUT2D eigenvalue weighted by atomic mass is 127. The predicted octanol–water partition coefficient (Wildman–Crippen LogP) is 3.82. The molecule has 0 saturated carbocycles. The van der Waals surface area contributed by atoms with Gasteiger partial charge in [-0.2, -0.15) is 13.2 Å². The minimum Gasteiger partial charge on any atom is -0.294 e. The minimum absolute atomic E-state index is 0.227. The van der Waals surface area contributed by atoms with Gasteiger partial charge in [0.05, 0.1) is 5.56 Å². The summed E-state index contributed by atoms with van der Waals surface area (Å²) in [4.78, 5) is 11.2. The number of ketones is 1. The van der Waals surface area contributed by atoms with Crippen molar-refractivity contribution in [2.75, 3.05) is 0 Å². The van der Waals surface area contributed by atoms with Gasteiger partial charge in [-0.25, -0.2) is 0 Å². The Balaban J connectivity index is 3.55. The first-order valence-corrected chi connectivity index (χ1v) is 5.20. The first-order chi connectivity index (χ1) is 6.75. The Morgan fingerprint density at radius 3 is 2.27 bits per heavy atom. The van der Waals surface area contributed by atoms with Crippen molar-refractivity contribution in [3.8, 4) is 0 Å². The van der Waals surface area contributed by atoms with Crippen molar-refractivity contribution >= 4 is 28.4 Å². The van der Waals surface area contributed by atoms with Gasteiger partial charge in [0.15, 0.2) is 5.78 Å². The molecule has 0 spiro atoms. The molecule has 0 aliphatic carbocycles. The first kappa shape index (κ1) is 12.5.